The molecule has 1 fully saturated rings. The Bertz CT molecular complexity index is 567. The molecule has 0 atom stereocenters. The van der Waals surface area contributed by atoms with E-state index in [-0.39, 0.29) is 5.91 Å². The van der Waals surface area contributed by atoms with Gasteiger partial charge in [-0.05, 0) is 26.3 Å². The topological polar surface area (TPSA) is 41.4 Å². The van der Waals surface area contributed by atoms with Gasteiger partial charge in [0.2, 0.25) is 0 Å². The summed E-state index contributed by atoms with van der Waals surface area (Å²) in [4.78, 5) is 17.0. The number of hydrogen-bond acceptors (Lipinski definition) is 3. The minimum Gasteiger partial charge on any atom is -0.336 e. The molecule has 120 valence electrons. The molecule has 5 heteroatoms. The predicted octanol–water partition coefficient (Wildman–Crippen LogP) is 1.77. The van der Waals surface area contributed by atoms with E-state index in [2.05, 4.69) is 28.8 Å². The molecule has 1 aromatic heterocycles. The van der Waals surface area contributed by atoms with Crippen LogP contribution in [0.5, 0.6) is 0 Å². The van der Waals surface area contributed by atoms with Crippen molar-refractivity contribution < 1.29 is 4.79 Å². The average Bonchev–Trinajstić information content (AvgIpc) is 2.74. The molecule has 0 saturated carbocycles. The Kier molecular flexibility index (Phi) is 6.02. The molecule has 0 spiro atoms. The zero-order chi connectivity index (χ0) is 15.9. The summed E-state index contributed by atoms with van der Waals surface area (Å²) in [6.07, 6.45) is 1.90. The van der Waals surface area contributed by atoms with E-state index in [0.29, 0.717) is 5.69 Å². The lowest BCUT2D eigenvalue weighted by Crippen LogP contribution is -2.36. The fourth-order valence-electron chi connectivity index (χ4n) is 2.75. The van der Waals surface area contributed by atoms with Crippen molar-refractivity contribution in [3.05, 3.63) is 17.5 Å². The molecular formula is C17H26N4O. The van der Waals surface area contributed by atoms with Crippen molar-refractivity contribution in [2.24, 2.45) is 0 Å². The van der Waals surface area contributed by atoms with Crippen LogP contribution in [-0.2, 0) is 6.54 Å². The first-order valence-corrected chi connectivity index (χ1v) is 8.17. The zero-order valence-corrected chi connectivity index (χ0v) is 13.9. The van der Waals surface area contributed by atoms with Gasteiger partial charge in [-0.3, -0.25) is 14.4 Å². The van der Waals surface area contributed by atoms with Crippen LogP contribution in [0.2, 0.25) is 0 Å². The summed E-state index contributed by atoms with van der Waals surface area (Å²) in [6.45, 7) is 11.0. The van der Waals surface area contributed by atoms with Gasteiger partial charge in [-0.25, -0.2) is 0 Å². The van der Waals surface area contributed by atoms with Crippen LogP contribution in [-0.4, -0.2) is 58.2 Å². The van der Waals surface area contributed by atoms with Gasteiger partial charge < -0.3 is 4.90 Å². The number of amides is 1. The Balaban J connectivity index is 1.99. The molecule has 5 nitrogen and oxygen atoms in total. The second kappa shape index (κ2) is 8.00. The van der Waals surface area contributed by atoms with E-state index in [0.717, 1.165) is 57.8 Å². The number of carbonyl (C=O) groups is 1. The van der Waals surface area contributed by atoms with Gasteiger partial charge in [-0.1, -0.05) is 12.8 Å². The van der Waals surface area contributed by atoms with Gasteiger partial charge in [0.15, 0.2) is 0 Å². The van der Waals surface area contributed by atoms with Crippen LogP contribution in [0.1, 0.15) is 42.9 Å². The van der Waals surface area contributed by atoms with E-state index in [4.69, 9.17) is 0 Å². The normalized spacial score (nSPS) is 16.0. The molecule has 1 aliphatic rings. The largest absolute Gasteiger partial charge is 0.336 e. The Labute approximate surface area is 133 Å². The van der Waals surface area contributed by atoms with Crippen molar-refractivity contribution in [3.8, 4) is 11.8 Å². The summed E-state index contributed by atoms with van der Waals surface area (Å²) in [6, 6.07) is 1.89. The number of nitrogens with zero attached hydrogens (tertiary/aromatic N) is 4. The van der Waals surface area contributed by atoms with E-state index >= 15 is 0 Å². The first kappa shape index (κ1) is 16.6. The van der Waals surface area contributed by atoms with Crippen LogP contribution in [0.15, 0.2) is 6.07 Å². The van der Waals surface area contributed by atoms with Crippen LogP contribution >= 0.6 is 0 Å². The van der Waals surface area contributed by atoms with Gasteiger partial charge in [0.25, 0.3) is 5.91 Å². The molecule has 0 radical (unpaired) electrons. The SMILES string of the molecule is CCC#CCN1CCCN(C(=O)c2cc(C)nn2CC)CC1. The number of hydrogen-bond donors (Lipinski definition) is 0. The standard InChI is InChI=1S/C17H26N4O/c1-4-6-7-9-19-10-8-11-20(13-12-19)17(22)16-14-15(3)18-21(16)5-2/h14H,4-5,8-13H2,1-3H3. The molecule has 22 heavy (non-hydrogen) atoms. The lowest BCUT2D eigenvalue weighted by molar-refractivity contribution is 0.0750. The summed E-state index contributed by atoms with van der Waals surface area (Å²) in [5.41, 5.74) is 1.61. The Morgan fingerprint density at radius 3 is 2.77 bits per heavy atom. The summed E-state index contributed by atoms with van der Waals surface area (Å²) >= 11 is 0. The maximum atomic E-state index is 12.7. The third-order valence-corrected chi connectivity index (χ3v) is 3.90. The van der Waals surface area contributed by atoms with E-state index in [1.54, 1.807) is 4.68 Å². The number of carbonyl (C=O) groups excluding carboxylic acids is 1. The van der Waals surface area contributed by atoms with Crippen molar-refractivity contribution in [2.75, 3.05) is 32.7 Å². The van der Waals surface area contributed by atoms with Crippen molar-refractivity contribution in [1.29, 1.82) is 0 Å². The van der Waals surface area contributed by atoms with Gasteiger partial charge in [0.05, 0.1) is 12.2 Å². The number of aromatic nitrogens is 2. The minimum atomic E-state index is 0.101. The monoisotopic (exact) mass is 302 g/mol. The number of aryl methyl sites for hydroxylation is 2. The highest BCUT2D eigenvalue weighted by Crippen LogP contribution is 2.11. The van der Waals surface area contributed by atoms with Gasteiger partial charge in [-0.2, -0.15) is 5.10 Å². The summed E-state index contributed by atoms with van der Waals surface area (Å²) in [5.74, 6) is 6.40. The predicted molar refractivity (Wildman–Crippen MR) is 87.7 cm³/mol. The Hall–Kier alpha value is -1.80. The lowest BCUT2D eigenvalue weighted by atomic mass is 10.3. The molecule has 0 aliphatic carbocycles. The highest BCUT2D eigenvalue weighted by molar-refractivity contribution is 5.92. The fourth-order valence-corrected chi connectivity index (χ4v) is 2.75. The summed E-state index contributed by atoms with van der Waals surface area (Å²) < 4.78 is 1.80. The molecule has 0 unspecified atom stereocenters. The van der Waals surface area contributed by atoms with E-state index < -0.39 is 0 Å². The van der Waals surface area contributed by atoms with Crippen LogP contribution < -0.4 is 0 Å². The second-order valence-electron chi connectivity index (χ2n) is 5.62. The van der Waals surface area contributed by atoms with E-state index in [1.807, 2.05) is 24.8 Å². The first-order chi connectivity index (χ1) is 10.7. The molecule has 1 amide bonds. The molecule has 2 heterocycles. The quantitative estimate of drug-likeness (QED) is 0.799. The molecule has 1 aromatic rings. The van der Waals surface area contributed by atoms with Crippen molar-refractivity contribution in [3.63, 3.8) is 0 Å². The molecular weight excluding hydrogens is 276 g/mol. The zero-order valence-electron chi connectivity index (χ0n) is 13.9. The maximum absolute atomic E-state index is 12.7. The third-order valence-electron chi connectivity index (χ3n) is 3.90. The fraction of sp³-hybridized carbons (Fsp3) is 0.647. The van der Waals surface area contributed by atoms with Gasteiger partial charge in [0, 0.05) is 39.1 Å². The van der Waals surface area contributed by atoms with Crippen LogP contribution in [0.3, 0.4) is 0 Å². The summed E-state index contributed by atoms with van der Waals surface area (Å²) in [7, 11) is 0. The molecule has 0 aromatic carbocycles. The smallest absolute Gasteiger partial charge is 0.272 e. The summed E-state index contributed by atoms with van der Waals surface area (Å²) in [5, 5.41) is 4.37. The second-order valence-corrected chi connectivity index (χ2v) is 5.62. The highest BCUT2D eigenvalue weighted by atomic mass is 16.2. The van der Waals surface area contributed by atoms with Gasteiger partial charge in [-0.15, -0.1) is 5.92 Å². The number of rotatable bonds is 3. The molecule has 0 N–H and O–H groups in total. The van der Waals surface area contributed by atoms with Gasteiger partial charge >= 0.3 is 0 Å². The Morgan fingerprint density at radius 1 is 1.23 bits per heavy atom. The minimum absolute atomic E-state index is 0.101. The molecule has 0 bridgehead atoms. The first-order valence-electron chi connectivity index (χ1n) is 8.17. The highest BCUT2D eigenvalue weighted by Gasteiger charge is 2.22. The van der Waals surface area contributed by atoms with Crippen LogP contribution in [0, 0.1) is 18.8 Å². The van der Waals surface area contributed by atoms with Crippen LogP contribution in [0.25, 0.3) is 0 Å². The van der Waals surface area contributed by atoms with Crippen molar-refractivity contribution in [1.82, 2.24) is 19.6 Å². The molecule has 1 aliphatic heterocycles. The van der Waals surface area contributed by atoms with Crippen molar-refractivity contribution in [2.45, 2.75) is 40.2 Å². The molecule has 2 rings (SSSR count). The average molecular weight is 302 g/mol. The van der Waals surface area contributed by atoms with E-state index in [1.165, 1.54) is 0 Å². The Morgan fingerprint density at radius 2 is 2.05 bits per heavy atom. The van der Waals surface area contributed by atoms with Gasteiger partial charge in [0.1, 0.15) is 5.69 Å². The molecule has 1 saturated heterocycles. The maximum Gasteiger partial charge on any atom is 0.272 e. The van der Waals surface area contributed by atoms with Crippen LogP contribution in [0.4, 0.5) is 0 Å². The lowest BCUT2D eigenvalue weighted by Gasteiger charge is -2.21. The van der Waals surface area contributed by atoms with E-state index in [9.17, 15) is 4.79 Å². The van der Waals surface area contributed by atoms with Crippen molar-refractivity contribution >= 4 is 5.91 Å². The third kappa shape index (κ3) is 4.11.